The Kier molecular flexibility index (Phi) is 3.39. The van der Waals surface area contributed by atoms with Crippen LogP contribution >= 0.6 is 0 Å². The van der Waals surface area contributed by atoms with Crippen LogP contribution in [0.15, 0.2) is 29.4 Å². The van der Waals surface area contributed by atoms with Gasteiger partial charge in [0.15, 0.2) is 0 Å². The van der Waals surface area contributed by atoms with Crippen LogP contribution in [0.25, 0.3) is 0 Å². The van der Waals surface area contributed by atoms with E-state index in [1.807, 2.05) is 19.9 Å². The molecular formula is C14H19N3O3S. The van der Waals surface area contributed by atoms with Gasteiger partial charge in [0.05, 0.1) is 6.20 Å². The second kappa shape index (κ2) is 4.98. The third-order valence-corrected chi connectivity index (χ3v) is 5.57. The molecule has 21 heavy (non-hydrogen) atoms. The number of allylic oxidation sites excluding steroid dienone is 2. The van der Waals surface area contributed by atoms with Crippen LogP contribution in [0.1, 0.15) is 32.7 Å². The van der Waals surface area contributed by atoms with Crippen molar-refractivity contribution in [3.05, 3.63) is 24.5 Å². The van der Waals surface area contributed by atoms with E-state index in [4.69, 9.17) is 0 Å². The summed E-state index contributed by atoms with van der Waals surface area (Å²) in [7, 11) is -3.83. The van der Waals surface area contributed by atoms with Gasteiger partial charge in [0.25, 0.3) is 10.0 Å². The molecule has 0 radical (unpaired) electrons. The molecule has 2 aliphatic rings. The Morgan fingerprint density at radius 2 is 2.14 bits per heavy atom. The summed E-state index contributed by atoms with van der Waals surface area (Å²) in [5, 5.41) is 4.00. The molecule has 114 valence electrons. The minimum Gasteiger partial charge on any atom is -0.274 e. The molecule has 1 saturated carbocycles. The van der Waals surface area contributed by atoms with Crippen LogP contribution < -0.4 is 4.72 Å². The fourth-order valence-corrected chi connectivity index (χ4v) is 4.06. The Balaban J connectivity index is 1.73. The molecule has 1 heterocycles. The molecule has 1 amide bonds. The molecule has 2 aliphatic carbocycles. The maximum atomic E-state index is 12.2. The number of amides is 1. The zero-order chi connectivity index (χ0) is 15.2. The van der Waals surface area contributed by atoms with E-state index in [0.717, 1.165) is 12.8 Å². The first-order valence-electron chi connectivity index (χ1n) is 7.16. The van der Waals surface area contributed by atoms with Gasteiger partial charge in [-0.15, -0.1) is 0 Å². The van der Waals surface area contributed by atoms with Crippen LogP contribution in [-0.4, -0.2) is 24.1 Å². The molecule has 1 aromatic heterocycles. The summed E-state index contributed by atoms with van der Waals surface area (Å²) in [6, 6.07) is 0.0698. The van der Waals surface area contributed by atoms with Crippen molar-refractivity contribution in [2.45, 2.75) is 37.6 Å². The number of nitrogens with one attached hydrogen (secondary N) is 1. The van der Waals surface area contributed by atoms with Crippen molar-refractivity contribution in [1.82, 2.24) is 14.5 Å². The van der Waals surface area contributed by atoms with Gasteiger partial charge in [-0.1, -0.05) is 12.2 Å². The van der Waals surface area contributed by atoms with E-state index >= 15 is 0 Å². The fraction of sp³-hybridized carbons (Fsp3) is 0.571. The minimum absolute atomic E-state index is 0.0308. The average molecular weight is 309 g/mol. The zero-order valence-corrected chi connectivity index (χ0v) is 12.9. The van der Waals surface area contributed by atoms with Gasteiger partial charge in [-0.2, -0.15) is 5.10 Å². The van der Waals surface area contributed by atoms with Crippen LogP contribution in [0.5, 0.6) is 0 Å². The first-order valence-corrected chi connectivity index (χ1v) is 8.64. The lowest BCUT2D eigenvalue weighted by Gasteiger charge is -2.17. The lowest BCUT2D eigenvalue weighted by molar-refractivity contribution is -0.123. The quantitative estimate of drug-likeness (QED) is 0.854. The maximum absolute atomic E-state index is 12.2. The van der Waals surface area contributed by atoms with E-state index in [2.05, 4.69) is 15.9 Å². The number of hydrogen-bond acceptors (Lipinski definition) is 4. The van der Waals surface area contributed by atoms with Crippen LogP contribution in [-0.2, 0) is 14.8 Å². The molecule has 0 aliphatic heterocycles. The highest BCUT2D eigenvalue weighted by molar-refractivity contribution is 7.90. The smallest absolute Gasteiger partial charge is 0.267 e. The summed E-state index contributed by atoms with van der Waals surface area (Å²) in [5.74, 6) is -0.0141. The minimum atomic E-state index is -3.83. The molecule has 0 aromatic carbocycles. The summed E-state index contributed by atoms with van der Waals surface area (Å²) >= 11 is 0. The van der Waals surface area contributed by atoms with Gasteiger partial charge in [0.1, 0.15) is 4.90 Å². The zero-order valence-electron chi connectivity index (χ0n) is 12.1. The van der Waals surface area contributed by atoms with Crippen LogP contribution in [0, 0.1) is 17.8 Å². The predicted molar refractivity (Wildman–Crippen MR) is 76.8 cm³/mol. The van der Waals surface area contributed by atoms with Gasteiger partial charge in [0, 0.05) is 18.2 Å². The fourth-order valence-electron chi connectivity index (χ4n) is 3.09. The molecular weight excluding hydrogens is 290 g/mol. The summed E-state index contributed by atoms with van der Waals surface area (Å²) in [4.78, 5) is 12.2. The molecule has 3 unspecified atom stereocenters. The molecule has 0 saturated heterocycles. The van der Waals surface area contributed by atoms with Crippen LogP contribution in [0.4, 0.5) is 0 Å². The highest BCUT2D eigenvalue weighted by Crippen LogP contribution is 2.43. The van der Waals surface area contributed by atoms with E-state index in [0.29, 0.717) is 5.92 Å². The summed E-state index contributed by atoms with van der Waals surface area (Å²) in [5.41, 5.74) is 0. The SMILES string of the molecule is CC(C)n1cc(S(=O)(=O)NC(=O)C2CC3C=CC2C3)cn1. The molecule has 2 bridgehead atoms. The highest BCUT2D eigenvalue weighted by Gasteiger charge is 2.41. The molecule has 7 heteroatoms. The van der Waals surface area contributed by atoms with Crippen LogP contribution in [0.3, 0.4) is 0 Å². The first kappa shape index (κ1) is 14.3. The Morgan fingerprint density at radius 1 is 1.38 bits per heavy atom. The number of carbonyl (C=O) groups excluding carboxylic acids is 1. The summed E-state index contributed by atoms with van der Waals surface area (Å²) in [6.45, 7) is 3.81. The van der Waals surface area contributed by atoms with Crippen molar-refractivity contribution in [1.29, 1.82) is 0 Å². The van der Waals surface area contributed by atoms with Gasteiger partial charge in [-0.3, -0.25) is 9.48 Å². The monoisotopic (exact) mass is 309 g/mol. The lowest BCUT2D eigenvalue weighted by atomic mass is 9.93. The molecule has 1 aromatic rings. The van der Waals surface area contributed by atoms with E-state index in [9.17, 15) is 13.2 Å². The van der Waals surface area contributed by atoms with Gasteiger partial charge in [-0.25, -0.2) is 13.1 Å². The summed E-state index contributed by atoms with van der Waals surface area (Å²) in [6.07, 6.45) is 8.58. The maximum Gasteiger partial charge on any atom is 0.267 e. The van der Waals surface area contributed by atoms with E-state index in [-0.39, 0.29) is 22.8 Å². The van der Waals surface area contributed by atoms with Gasteiger partial charge < -0.3 is 0 Å². The highest BCUT2D eigenvalue weighted by atomic mass is 32.2. The largest absolute Gasteiger partial charge is 0.274 e. The normalized spacial score (nSPS) is 27.5. The topological polar surface area (TPSA) is 81.1 Å². The van der Waals surface area contributed by atoms with Crippen molar-refractivity contribution in [3.63, 3.8) is 0 Å². The number of aromatic nitrogens is 2. The standard InChI is InChI=1S/C14H19N3O3S/c1-9(2)17-8-12(7-15-17)21(19,20)16-14(18)13-6-10-3-4-11(13)5-10/h3-4,7-11,13H,5-6H2,1-2H3,(H,16,18). The van der Waals surface area contributed by atoms with Gasteiger partial charge in [-0.05, 0) is 38.5 Å². The Bertz CT molecular complexity index is 690. The Labute approximate surface area is 124 Å². The van der Waals surface area contributed by atoms with Crippen molar-refractivity contribution < 1.29 is 13.2 Å². The summed E-state index contributed by atoms with van der Waals surface area (Å²) < 4.78 is 28.2. The average Bonchev–Trinajstić information content (AvgIpc) is 3.13. The third kappa shape index (κ3) is 2.62. The second-order valence-corrected chi connectivity index (χ2v) is 7.79. The van der Waals surface area contributed by atoms with Crippen molar-refractivity contribution in [2.75, 3.05) is 0 Å². The predicted octanol–water partition coefficient (Wildman–Crippen LogP) is 1.48. The number of nitrogens with zero attached hydrogens (tertiary/aromatic N) is 2. The molecule has 3 rings (SSSR count). The number of hydrogen-bond donors (Lipinski definition) is 1. The second-order valence-electron chi connectivity index (χ2n) is 6.11. The molecule has 1 N–H and O–H groups in total. The van der Waals surface area contributed by atoms with E-state index < -0.39 is 15.9 Å². The lowest BCUT2D eigenvalue weighted by Crippen LogP contribution is -2.37. The van der Waals surface area contributed by atoms with E-state index in [1.165, 1.54) is 12.4 Å². The number of sulfonamides is 1. The number of carbonyl (C=O) groups is 1. The third-order valence-electron chi connectivity index (χ3n) is 4.27. The Morgan fingerprint density at radius 3 is 2.67 bits per heavy atom. The van der Waals surface area contributed by atoms with Gasteiger partial charge >= 0.3 is 0 Å². The van der Waals surface area contributed by atoms with Crippen molar-refractivity contribution in [3.8, 4) is 0 Å². The number of rotatable bonds is 4. The molecule has 1 fully saturated rings. The first-order chi connectivity index (χ1) is 9.87. The van der Waals surface area contributed by atoms with E-state index in [1.54, 1.807) is 4.68 Å². The number of fused-ring (bicyclic) bond motifs is 2. The van der Waals surface area contributed by atoms with Crippen molar-refractivity contribution >= 4 is 15.9 Å². The Hall–Kier alpha value is -1.63. The molecule has 6 nitrogen and oxygen atoms in total. The van der Waals surface area contributed by atoms with Gasteiger partial charge in [0.2, 0.25) is 5.91 Å². The molecule has 0 spiro atoms. The van der Waals surface area contributed by atoms with Crippen molar-refractivity contribution in [2.24, 2.45) is 17.8 Å². The van der Waals surface area contributed by atoms with Crippen LogP contribution in [0.2, 0.25) is 0 Å². The molecule has 3 atom stereocenters.